The molecule has 0 spiro atoms. The molecule has 0 radical (unpaired) electrons. The highest BCUT2D eigenvalue weighted by Gasteiger charge is 2.27. The molecule has 0 saturated heterocycles. The van der Waals surface area contributed by atoms with Crippen LogP contribution in [0, 0.1) is 5.82 Å². The Morgan fingerprint density at radius 3 is 2.90 bits per heavy atom. The third-order valence-corrected chi connectivity index (χ3v) is 5.13. The Labute approximate surface area is 172 Å². The molecule has 5 rings (SSSR count). The average molecular weight is 406 g/mol. The maximum absolute atomic E-state index is 14.1. The molecule has 2 aliphatic rings. The fourth-order valence-corrected chi connectivity index (χ4v) is 3.75. The van der Waals surface area contributed by atoms with Crippen LogP contribution in [0.1, 0.15) is 11.1 Å². The van der Waals surface area contributed by atoms with Crippen molar-refractivity contribution in [2.75, 3.05) is 13.3 Å². The number of carbonyl (C=O) groups excluding carboxylic acids is 1. The lowest BCUT2D eigenvalue weighted by molar-refractivity contribution is -0.120. The van der Waals surface area contributed by atoms with Crippen molar-refractivity contribution < 1.29 is 23.4 Å². The van der Waals surface area contributed by atoms with Crippen LogP contribution in [-0.2, 0) is 17.6 Å². The van der Waals surface area contributed by atoms with Crippen LogP contribution in [0.2, 0.25) is 0 Å². The van der Waals surface area contributed by atoms with Crippen LogP contribution < -0.4 is 19.5 Å². The number of halogens is 1. The number of hydrogen-bond donors (Lipinski definition) is 1. The molecule has 1 amide bonds. The molecule has 152 valence electrons. The first kappa shape index (κ1) is 18.4. The Morgan fingerprint density at radius 2 is 2.03 bits per heavy atom. The van der Waals surface area contributed by atoms with Gasteiger partial charge in [0.05, 0.1) is 18.7 Å². The first-order valence-electron chi connectivity index (χ1n) is 9.71. The zero-order valence-corrected chi connectivity index (χ0v) is 16.1. The van der Waals surface area contributed by atoms with Gasteiger partial charge in [-0.3, -0.25) is 9.78 Å². The van der Waals surface area contributed by atoms with Crippen LogP contribution in [-0.4, -0.2) is 30.3 Å². The Hall–Kier alpha value is -3.61. The minimum atomic E-state index is -0.328. The molecule has 2 aromatic carbocycles. The quantitative estimate of drug-likeness (QED) is 0.704. The van der Waals surface area contributed by atoms with Crippen molar-refractivity contribution >= 4 is 5.91 Å². The van der Waals surface area contributed by atoms with Crippen molar-refractivity contribution in [3.8, 4) is 28.5 Å². The van der Waals surface area contributed by atoms with E-state index in [2.05, 4.69) is 10.3 Å². The molecule has 0 unspecified atom stereocenters. The minimum Gasteiger partial charge on any atom is -0.487 e. The predicted octanol–water partition coefficient (Wildman–Crippen LogP) is 3.28. The summed E-state index contributed by atoms with van der Waals surface area (Å²) in [4.78, 5) is 16.7. The number of carbonyl (C=O) groups is 1. The number of fused-ring (bicyclic) bond motifs is 2. The molecule has 6 nitrogen and oxygen atoms in total. The second kappa shape index (κ2) is 7.67. The van der Waals surface area contributed by atoms with Crippen LogP contribution in [0.15, 0.2) is 54.7 Å². The standard InChI is InChI=1S/C23H19FN2O4/c24-16-9-15-10-17(30-23(15)18(11-16)19-3-1-2-6-25-19)12-26-22(27)8-14-4-5-20-21(7-14)29-13-28-20/h1-7,9,11,17H,8,10,12-13H2,(H,26,27)/t17-/m0/s1. The van der Waals surface area contributed by atoms with Crippen LogP contribution in [0.4, 0.5) is 4.39 Å². The third-order valence-electron chi connectivity index (χ3n) is 5.13. The molecule has 7 heteroatoms. The van der Waals surface area contributed by atoms with Gasteiger partial charge in [0.15, 0.2) is 11.5 Å². The lowest BCUT2D eigenvalue weighted by atomic mass is 10.0. The highest BCUT2D eigenvalue weighted by atomic mass is 19.1. The molecule has 0 fully saturated rings. The summed E-state index contributed by atoms with van der Waals surface area (Å²) in [6.45, 7) is 0.535. The molecule has 0 saturated carbocycles. The summed E-state index contributed by atoms with van der Waals surface area (Å²) >= 11 is 0. The Kier molecular flexibility index (Phi) is 4.71. The lowest BCUT2D eigenvalue weighted by Gasteiger charge is -2.13. The van der Waals surface area contributed by atoms with Gasteiger partial charge in [0, 0.05) is 23.7 Å². The lowest BCUT2D eigenvalue weighted by Crippen LogP contribution is -2.35. The number of rotatable bonds is 5. The number of aromatic nitrogens is 1. The van der Waals surface area contributed by atoms with Gasteiger partial charge in [-0.2, -0.15) is 0 Å². The molecule has 1 N–H and O–H groups in total. The highest BCUT2D eigenvalue weighted by molar-refractivity contribution is 5.79. The fourth-order valence-electron chi connectivity index (χ4n) is 3.75. The molecule has 2 aliphatic heterocycles. The van der Waals surface area contributed by atoms with E-state index >= 15 is 0 Å². The number of amides is 1. The van der Waals surface area contributed by atoms with E-state index in [1.54, 1.807) is 12.3 Å². The monoisotopic (exact) mass is 406 g/mol. The summed E-state index contributed by atoms with van der Waals surface area (Å²) in [5.74, 6) is 1.52. The third kappa shape index (κ3) is 3.66. The summed E-state index contributed by atoms with van der Waals surface area (Å²) in [5, 5.41) is 2.90. The molecule has 30 heavy (non-hydrogen) atoms. The second-order valence-electron chi connectivity index (χ2n) is 7.27. The Bertz CT molecular complexity index is 1100. The van der Waals surface area contributed by atoms with Gasteiger partial charge in [-0.25, -0.2) is 4.39 Å². The summed E-state index contributed by atoms with van der Waals surface area (Å²) in [6, 6.07) is 13.8. The van der Waals surface area contributed by atoms with E-state index in [0.29, 0.717) is 41.5 Å². The van der Waals surface area contributed by atoms with Gasteiger partial charge in [0.2, 0.25) is 12.7 Å². The zero-order valence-electron chi connectivity index (χ0n) is 16.1. The maximum Gasteiger partial charge on any atom is 0.231 e. The molecular formula is C23H19FN2O4. The van der Waals surface area contributed by atoms with Crippen molar-refractivity contribution in [2.45, 2.75) is 18.9 Å². The first-order chi connectivity index (χ1) is 14.7. The van der Waals surface area contributed by atoms with Crippen LogP contribution in [0.25, 0.3) is 11.3 Å². The number of nitrogens with zero attached hydrogens (tertiary/aromatic N) is 1. The largest absolute Gasteiger partial charge is 0.487 e. The zero-order chi connectivity index (χ0) is 20.5. The van der Waals surface area contributed by atoms with E-state index in [1.165, 1.54) is 12.1 Å². The topological polar surface area (TPSA) is 69.7 Å². The maximum atomic E-state index is 14.1. The summed E-state index contributed by atoms with van der Waals surface area (Å²) in [7, 11) is 0. The molecule has 3 heterocycles. The number of benzene rings is 2. The second-order valence-corrected chi connectivity index (χ2v) is 7.27. The predicted molar refractivity (Wildman–Crippen MR) is 107 cm³/mol. The number of nitrogens with one attached hydrogen (secondary N) is 1. The first-order valence-corrected chi connectivity index (χ1v) is 9.71. The van der Waals surface area contributed by atoms with Crippen LogP contribution in [0.5, 0.6) is 17.2 Å². The van der Waals surface area contributed by atoms with Crippen molar-refractivity contribution in [2.24, 2.45) is 0 Å². The molecular weight excluding hydrogens is 387 g/mol. The molecule has 3 aromatic rings. The van der Waals surface area contributed by atoms with Crippen molar-refractivity contribution in [1.29, 1.82) is 0 Å². The number of pyridine rings is 1. The van der Waals surface area contributed by atoms with Crippen LogP contribution >= 0.6 is 0 Å². The molecule has 0 aliphatic carbocycles. The van der Waals surface area contributed by atoms with Crippen LogP contribution in [0.3, 0.4) is 0 Å². The molecule has 0 bridgehead atoms. The van der Waals surface area contributed by atoms with Gasteiger partial charge in [-0.1, -0.05) is 12.1 Å². The normalized spacial score (nSPS) is 16.1. The van der Waals surface area contributed by atoms with Gasteiger partial charge < -0.3 is 19.5 Å². The summed E-state index contributed by atoms with van der Waals surface area (Å²) < 4.78 is 30.8. The van der Waals surface area contributed by atoms with E-state index in [1.807, 2.05) is 30.3 Å². The van der Waals surface area contributed by atoms with E-state index in [0.717, 1.165) is 11.1 Å². The Balaban J connectivity index is 1.23. The minimum absolute atomic E-state index is 0.121. The van der Waals surface area contributed by atoms with Gasteiger partial charge in [0.25, 0.3) is 0 Å². The Morgan fingerprint density at radius 1 is 1.13 bits per heavy atom. The van der Waals surface area contributed by atoms with Crippen molar-refractivity contribution in [3.05, 3.63) is 71.7 Å². The summed E-state index contributed by atoms with van der Waals surface area (Å²) in [6.07, 6.45) is 2.15. The number of ether oxygens (including phenoxy) is 3. The molecule has 1 atom stereocenters. The van der Waals surface area contributed by atoms with Crippen molar-refractivity contribution in [1.82, 2.24) is 10.3 Å². The smallest absolute Gasteiger partial charge is 0.231 e. The van der Waals surface area contributed by atoms with E-state index in [4.69, 9.17) is 14.2 Å². The summed E-state index contributed by atoms with van der Waals surface area (Å²) in [5.41, 5.74) is 2.90. The van der Waals surface area contributed by atoms with E-state index in [9.17, 15) is 9.18 Å². The SMILES string of the molecule is O=C(Cc1ccc2c(c1)OCO2)NC[C@@H]1Cc2cc(F)cc(-c3ccccn3)c2O1. The van der Waals surface area contributed by atoms with Gasteiger partial charge >= 0.3 is 0 Å². The average Bonchev–Trinajstić information content (AvgIpc) is 3.38. The number of hydrogen-bond acceptors (Lipinski definition) is 5. The molecule has 1 aromatic heterocycles. The van der Waals surface area contributed by atoms with Gasteiger partial charge in [-0.05, 0) is 42.0 Å². The van der Waals surface area contributed by atoms with Crippen molar-refractivity contribution in [3.63, 3.8) is 0 Å². The van der Waals surface area contributed by atoms with E-state index < -0.39 is 0 Å². The van der Waals surface area contributed by atoms with Gasteiger partial charge in [0.1, 0.15) is 17.7 Å². The fraction of sp³-hybridized carbons (Fsp3) is 0.217. The van der Waals surface area contributed by atoms with Gasteiger partial charge in [-0.15, -0.1) is 0 Å². The van der Waals surface area contributed by atoms with E-state index in [-0.39, 0.29) is 31.0 Å². The highest BCUT2D eigenvalue weighted by Crippen LogP contribution is 2.39.